The Hall–Kier alpha value is -0.660. The minimum atomic E-state index is -0.909. The predicted molar refractivity (Wildman–Crippen MR) is 80.7 cm³/mol. The smallest absolute Gasteiger partial charge is 0.327 e. The molecule has 0 saturated carbocycles. The van der Waals surface area contributed by atoms with Crippen molar-refractivity contribution in [2.45, 2.75) is 24.1 Å². The maximum Gasteiger partial charge on any atom is 0.327 e. The standard InChI is InChI=1S/C12H15NO3S3/c1-8-13(10(6-19-8)12(15)16)11(14)7-17-5-9-3-2-4-18-9/h2-4,8,10H,5-7H2,1H3,(H,15,16). The Morgan fingerprint density at radius 3 is 3.00 bits per heavy atom. The largest absolute Gasteiger partial charge is 0.480 e. The van der Waals surface area contributed by atoms with Crippen molar-refractivity contribution in [3.05, 3.63) is 22.4 Å². The van der Waals surface area contributed by atoms with Crippen molar-refractivity contribution >= 4 is 46.7 Å². The van der Waals surface area contributed by atoms with Gasteiger partial charge in [0.15, 0.2) is 0 Å². The molecule has 4 nitrogen and oxygen atoms in total. The number of rotatable bonds is 5. The van der Waals surface area contributed by atoms with E-state index in [0.29, 0.717) is 11.5 Å². The lowest BCUT2D eigenvalue weighted by Gasteiger charge is -2.24. The topological polar surface area (TPSA) is 57.6 Å². The molecule has 1 N–H and O–H groups in total. The van der Waals surface area contributed by atoms with Crippen LogP contribution in [-0.2, 0) is 15.3 Å². The van der Waals surface area contributed by atoms with Gasteiger partial charge in [-0.2, -0.15) is 0 Å². The summed E-state index contributed by atoms with van der Waals surface area (Å²) in [6, 6.07) is 3.35. The lowest BCUT2D eigenvalue weighted by Crippen LogP contribution is -2.45. The Morgan fingerprint density at radius 2 is 2.37 bits per heavy atom. The van der Waals surface area contributed by atoms with Crippen LogP contribution in [0.5, 0.6) is 0 Å². The Bertz CT molecular complexity index is 449. The second-order valence-corrected chi connectivity index (χ2v) is 7.53. The summed E-state index contributed by atoms with van der Waals surface area (Å²) < 4.78 is 0. The van der Waals surface area contributed by atoms with Gasteiger partial charge in [-0.3, -0.25) is 4.79 Å². The Kier molecular flexibility index (Phi) is 5.18. The number of amides is 1. The van der Waals surface area contributed by atoms with Crippen LogP contribution in [0.25, 0.3) is 0 Å². The number of carbonyl (C=O) groups excluding carboxylic acids is 1. The monoisotopic (exact) mass is 317 g/mol. The van der Waals surface area contributed by atoms with E-state index in [1.165, 1.54) is 33.3 Å². The van der Waals surface area contributed by atoms with Crippen molar-refractivity contribution in [3.8, 4) is 0 Å². The van der Waals surface area contributed by atoms with Gasteiger partial charge in [0.05, 0.1) is 11.1 Å². The summed E-state index contributed by atoms with van der Waals surface area (Å²) in [7, 11) is 0. The molecule has 2 heterocycles. The summed E-state index contributed by atoms with van der Waals surface area (Å²) in [4.78, 5) is 26.0. The summed E-state index contributed by atoms with van der Waals surface area (Å²) in [6.07, 6.45) is 0. The van der Waals surface area contributed by atoms with Gasteiger partial charge < -0.3 is 10.0 Å². The van der Waals surface area contributed by atoms with E-state index in [2.05, 4.69) is 0 Å². The average molecular weight is 317 g/mol. The van der Waals surface area contributed by atoms with Crippen LogP contribution in [0, 0.1) is 0 Å². The van der Waals surface area contributed by atoms with Crippen LogP contribution in [0.2, 0.25) is 0 Å². The van der Waals surface area contributed by atoms with E-state index in [1.807, 2.05) is 24.4 Å². The first-order valence-electron chi connectivity index (χ1n) is 5.85. The van der Waals surface area contributed by atoms with Crippen LogP contribution in [0.4, 0.5) is 0 Å². The molecule has 1 aromatic heterocycles. The molecule has 2 atom stereocenters. The third kappa shape index (κ3) is 3.67. The highest BCUT2D eigenvalue weighted by Gasteiger charge is 2.38. The van der Waals surface area contributed by atoms with E-state index in [1.54, 1.807) is 11.3 Å². The number of carboxylic acid groups (broad SMARTS) is 1. The zero-order valence-electron chi connectivity index (χ0n) is 10.4. The highest BCUT2D eigenvalue weighted by Crippen LogP contribution is 2.29. The highest BCUT2D eigenvalue weighted by atomic mass is 32.2. The lowest BCUT2D eigenvalue weighted by atomic mass is 10.3. The Morgan fingerprint density at radius 1 is 1.58 bits per heavy atom. The van der Waals surface area contributed by atoms with E-state index in [9.17, 15) is 9.59 Å². The number of thiophene rings is 1. The summed E-state index contributed by atoms with van der Waals surface area (Å²) in [5.41, 5.74) is 0. The number of thioether (sulfide) groups is 2. The second kappa shape index (κ2) is 6.67. The van der Waals surface area contributed by atoms with Gasteiger partial charge in [-0.05, 0) is 18.4 Å². The zero-order chi connectivity index (χ0) is 13.8. The van der Waals surface area contributed by atoms with Gasteiger partial charge in [-0.15, -0.1) is 34.9 Å². The SMILES string of the molecule is CC1SCC(C(=O)O)N1C(=O)CSCc1cccs1. The van der Waals surface area contributed by atoms with Crippen molar-refractivity contribution in [1.82, 2.24) is 4.90 Å². The molecular weight excluding hydrogens is 302 g/mol. The zero-order valence-corrected chi connectivity index (χ0v) is 12.9. The highest BCUT2D eigenvalue weighted by molar-refractivity contribution is 8.00. The fourth-order valence-electron chi connectivity index (χ4n) is 1.92. The van der Waals surface area contributed by atoms with Crippen molar-refractivity contribution in [2.24, 2.45) is 0 Å². The van der Waals surface area contributed by atoms with E-state index in [4.69, 9.17) is 5.11 Å². The van der Waals surface area contributed by atoms with Gasteiger partial charge >= 0.3 is 5.97 Å². The van der Waals surface area contributed by atoms with Crippen LogP contribution < -0.4 is 0 Å². The number of hydrogen-bond acceptors (Lipinski definition) is 5. The van der Waals surface area contributed by atoms with E-state index in [-0.39, 0.29) is 11.3 Å². The first-order valence-corrected chi connectivity index (χ1v) is 8.93. The van der Waals surface area contributed by atoms with Gasteiger partial charge in [0.1, 0.15) is 6.04 Å². The molecular formula is C12H15NO3S3. The van der Waals surface area contributed by atoms with Crippen molar-refractivity contribution in [2.75, 3.05) is 11.5 Å². The fraction of sp³-hybridized carbons (Fsp3) is 0.500. The van der Waals surface area contributed by atoms with Gasteiger partial charge in [-0.1, -0.05) is 6.07 Å². The molecule has 7 heteroatoms. The molecule has 19 heavy (non-hydrogen) atoms. The predicted octanol–water partition coefficient (Wildman–Crippen LogP) is 2.36. The second-order valence-electron chi connectivity index (χ2n) is 4.16. The van der Waals surface area contributed by atoms with Gasteiger partial charge in [0, 0.05) is 16.4 Å². The summed E-state index contributed by atoms with van der Waals surface area (Å²) in [6.45, 7) is 1.88. The van der Waals surface area contributed by atoms with Gasteiger partial charge in [0.2, 0.25) is 5.91 Å². The summed E-state index contributed by atoms with van der Waals surface area (Å²) in [5.74, 6) is 0.640. The number of hydrogen-bond donors (Lipinski definition) is 1. The molecule has 1 fully saturated rings. The molecule has 1 aliphatic rings. The maximum atomic E-state index is 12.1. The lowest BCUT2D eigenvalue weighted by molar-refractivity contribution is -0.147. The van der Waals surface area contributed by atoms with E-state index >= 15 is 0 Å². The molecule has 0 aliphatic carbocycles. The first-order chi connectivity index (χ1) is 9.09. The molecule has 0 radical (unpaired) electrons. The minimum Gasteiger partial charge on any atom is -0.480 e. The minimum absolute atomic E-state index is 0.0454. The van der Waals surface area contributed by atoms with Crippen LogP contribution in [0.1, 0.15) is 11.8 Å². The number of aliphatic carboxylic acids is 1. The molecule has 1 saturated heterocycles. The van der Waals surface area contributed by atoms with Crippen molar-refractivity contribution in [3.63, 3.8) is 0 Å². The molecule has 0 bridgehead atoms. The molecule has 1 amide bonds. The van der Waals surface area contributed by atoms with Crippen LogP contribution >= 0.6 is 34.9 Å². The normalized spacial score (nSPS) is 22.7. The molecule has 2 rings (SSSR count). The average Bonchev–Trinajstić information content (AvgIpc) is 2.98. The maximum absolute atomic E-state index is 12.1. The first kappa shape index (κ1) is 14.7. The molecule has 0 aromatic carbocycles. The third-order valence-corrected chi connectivity index (χ3v) is 6.09. The van der Waals surface area contributed by atoms with Gasteiger partial charge in [0.25, 0.3) is 0 Å². The van der Waals surface area contributed by atoms with Gasteiger partial charge in [-0.25, -0.2) is 4.79 Å². The number of carboxylic acids is 1. The molecule has 104 valence electrons. The number of nitrogens with zero attached hydrogens (tertiary/aromatic N) is 1. The Labute approximate surface area is 124 Å². The van der Waals surface area contributed by atoms with Crippen molar-refractivity contribution in [1.29, 1.82) is 0 Å². The fourth-order valence-corrected chi connectivity index (χ4v) is 4.84. The van der Waals surface area contributed by atoms with Crippen LogP contribution in [-0.4, -0.2) is 44.8 Å². The summed E-state index contributed by atoms with van der Waals surface area (Å²) in [5, 5.41) is 11.1. The molecule has 1 aromatic rings. The quantitative estimate of drug-likeness (QED) is 0.903. The van der Waals surface area contributed by atoms with Crippen LogP contribution in [0.15, 0.2) is 17.5 Å². The van der Waals surface area contributed by atoms with Crippen molar-refractivity contribution < 1.29 is 14.7 Å². The molecule has 0 spiro atoms. The number of carbonyl (C=O) groups is 2. The van der Waals surface area contributed by atoms with E-state index < -0.39 is 12.0 Å². The molecule has 1 aliphatic heterocycles. The molecule has 2 unspecified atom stereocenters. The third-order valence-electron chi connectivity index (χ3n) is 2.85. The van der Waals surface area contributed by atoms with E-state index in [0.717, 1.165) is 5.75 Å². The van der Waals surface area contributed by atoms with Crippen LogP contribution in [0.3, 0.4) is 0 Å². The summed E-state index contributed by atoms with van der Waals surface area (Å²) >= 11 is 4.73. The Balaban J connectivity index is 1.86.